The summed E-state index contributed by atoms with van der Waals surface area (Å²) in [5, 5.41) is 4.13. The van der Waals surface area contributed by atoms with Crippen molar-refractivity contribution in [3.8, 4) is 16.8 Å². The van der Waals surface area contributed by atoms with E-state index in [4.69, 9.17) is 0 Å². The third-order valence-corrected chi connectivity index (χ3v) is 3.42. The van der Waals surface area contributed by atoms with Gasteiger partial charge in [-0.25, -0.2) is 9.67 Å². The summed E-state index contributed by atoms with van der Waals surface area (Å²) in [7, 11) is 0. The van der Waals surface area contributed by atoms with Gasteiger partial charge in [-0.05, 0) is 29.8 Å². The van der Waals surface area contributed by atoms with E-state index in [1.807, 2.05) is 0 Å². The second-order valence-corrected chi connectivity index (χ2v) is 5.09. The van der Waals surface area contributed by atoms with Gasteiger partial charge in [0.1, 0.15) is 6.26 Å². The van der Waals surface area contributed by atoms with Gasteiger partial charge in [0.2, 0.25) is 0 Å². The van der Waals surface area contributed by atoms with Crippen molar-refractivity contribution in [1.82, 2.24) is 19.7 Å². The molecule has 4 rings (SSSR count). The van der Waals surface area contributed by atoms with Crippen LogP contribution in [0.4, 0.5) is 13.2 Å². The molecule has 0 bridgehead atoms. The molecule has 8 heteroatoms. The van der Waals surface area contributed by atoms with Crippen LogP contribution in [-0.2, 0) is 6.18 Å². The Morgan fingerprint density at radius 1 is 0.923 bits per heavy atom. The fourth-order valence-corrected chi connectivity index (χ4v) is 2.24. The number of oxazole rings is 1. The summed E-state index contributed by atoms with van der Waals surface area (Å²) in [6.45, 7) is 0. The Hall–Kier alpha value is -3.42. The highest BCUT2D eigenvalue weighted by Gasteiger charge is 2.30. The Kier molecular flexibility index (Phi) is 5.12. The van der Waals surface area contributed by atoms with E-state index >= 15 is 0 Å². The van der Waals surface area contributed by atoms with Crippen molar-refractivity contribution >= 4 is 0 Å². The van der Waals surface area contributed by atoms with E-state index in [0.717, 1.165) is 17.7 Å². The van der Waals surface area contributed by atoms with Crippen LogP contribution in [0, 0.1) is 0 Å². The van der Waals surface area contributed by atoms with Crippen LogP contribution in [0.5, 0.6) is 0 Å². The Morgan fingerprint density at radius 2 is 1.73 bits per heavy atom. The molecule has 0 spiro atoms. The van der Waals surface area contributed by atoms with E-state index < -0.39 is 11.7 Å². The average molecular weight is 358 g/mol. The minimum Gasteiger partial charge on any atom is -0.452 e. The summed E-state index contributed by atoms with van der Waals surface area (Å²) in [5.41, 5.74) is 1.49. The quantitative estimate of drug-likeness (QED) is 0.524. The zero-order valence-electron chi connectivity index (χ0n) is 13.3. The van der Waals surface area contributed by atoms with Crippen LogP contribution >= 0.6 is 0 Å². The minimum absolute atomic E-state index is 0.666. The first-order chi connectivity index (χ1) is 12.6. The van der Waals surface area contributed by atoms with Gasteiger partial charge in [0, 0.05) is 24.2 Å². The molecule has 0 aliphatic carbocycles. The normalized spacial score (nSPS) is 10.9. The van der Waals surface area contributed by atoms with Crippen molar-refractivity contribution in [2.45, 2.75) is 6.18 Å². The van der Waals surface area contributed by atoms with Gasteiger partial charge < -0.3 is 4.42 Å². The summed E-state index contributed by atoms with van der Waals surface area (Å²) in [6.07, 6.45) is 6.75. The van der Waals surface area contributed by atoms with Gasteiger partial charge in [0.05, 0.1) is 23.6 Å². The lowest BCUT2D eigenvalue weighted by molar-refractivity contribution is -0.137. The van der Waals surface area contributed by atoms with E-state index in [9.17, 15) is 13.2 Å². The zero-order chi connectivity index (χ0) is 18.4. The number of aromatic nitrogens is 4. The summed E-state index contributed by atoms with van der Waals surface area (Å²) < 4.78 is 43.9. The molecule has 3 aromatic heterocycles. The number of hydrogen-bond acceptors (Lipinski definition) is 4. The summed E-state index contributed by atoms with van der Waals surface area (Å²) in [6, 6.07) is 8.56. The standard InChI is InChI=1S/C15H10F3N3.C3H3NO/c16-15(17,18)12-4-2-11(3-5-12)13-6-8-19-10-14(13)21-9-1-7-20-21;1-2-5-3-4-1/h1-10H;1-3H. The number of alkyl halides is 3. The van der Waals surface area contributed by atoms with Gasteiger partial charge in [-0.15, -0.1) is 0 Å². The van der Waals surface area contributed by atoms with Crippen LogP contribution in [0.25, 0.3) is 16.8 Å². The van der Waals surface area contributed by atoms with Gasteiger partial charge in [-0.3, -0.25) is 4.98 Å². The Bertz CT molecular complexity index is 901. The lowest BCUT2D eigenvalue weighted by atomic mass is 10.0. The lowest BCUT2D eigenvalue weighted by Gasteiger charge is -2.11. The number of halogens is 3. The second kappa shape index (κ2) is 7.64. The predicted molar refractivity (Wildman–Crippen MR) is 88.3 cm³/mol. The highest BCUT2D eigenvalue weighted by Crippen LogP contribution is 2.32. The van der Waals surface area contributed by atoms with E-state index in [1.54, 1.807) is 47.8 Å². The van der Waals surface area contributed by atoms with E-state index in [2.05, 4.69) is 19.5 Å². The fraction of sp³-hybridized carbons (Fsp3) is 0.0556. The van der Waals surface area contributed by atoms with Crippen molar-refractivity contribution in [1.29, 1.82) is 0 Å². The molecule has 5 nitrogen and oxygen atoms in total. The Morgan fingerprint density at radius 3 is 2.27 bits per heavy atom. The van der Waals surface area contributed by atoms with Gasteiger partial charge in [0.15, 0.2) is 6.39 Å². The molecule has 0 amide bonds. The highest BCUT2D eigenvalue weighted by atomic mass is 19.4. The minimum atomic E-state index is -4.33. The number of benzene rings is 1. The molecule has 4 aromatic rings. The van der Waals surface area contributed by atoms with E-state index in [1.165, 1.54) is 24.8 Å². The summed E-state index contributed by atoms with van der Waals surface area (Å²) in [4.78, 5) is 7.60. The third-order valence-electron chi connectivity index (χ3n) is 3.42. The maximum atomic E-state index is 12.6. The van der Waals surface area contributed by atoms with Crippen molar-refractivity contribution < 1.29 is 17.6 Å². The molecule has 1 aromatic carbocycles. The maximum absolute atomic E-state index is 12.6. The van der Waals surface area contributed by atoms with Crippen molar-refractivity contribution in [3.63, 3.8) is 0 Å². The van der Waals surface area contributed by atoms with Gasteiger partial charge in [0.25, 0.3) is 0 Å². The first kappa shape index (κ1) is 17.4. The molecule has 0 aliphatic rings. The SMILES string of the molecule is FC(F)(F)c1ccc(-c2ccncc2-n2cccn2)cc1.c1cocn1. The third kappa shape index (κ3) is 4.15. The van der Waals surface area contributed by atoms with E-state index in [0.29, 0.717) is 11.3 Å². The largest absolute Gasteiger partial charge is 0.452 e. The Labute approximate surface area is 146 Å². The molecule has 0 radical (unpaired) electrons. The lowest BCUT2D eigenvalue weighted by Crippen LogP contribution is -2.04. The second-order valence-electron chi connectivity index (χ2n) is 5.09. The molecular formula is C18H13F3N4O. The number of pyridine rings is 1. The molecule has 0 saturated carbocycles. The molecule has 0 atom stereocenters. The van der Waals surface area contributed by atoms with Crippen molar-refractivity contribution in [2.75, 3.05) is 0 Å². The van der Waals surface area contributed by atoms with Crippen LogP contribution in [-0.4, -0.2) is 19.7 Å². The summed E-state index contributed by atoms with van der Waals surface area (Å²) in [5.74, 6) is 0. The van der Waals surface area contributed by atoms with Crippen LogP contribution in [0.2, 0.25) is 0 Å². The summed E-state index contributed by atoms with van der Waals surface area (Å²) >= 11 is 0. The van der Waals surface area contributed by atoms with Gasteiger partial charge >= 0.3 is 6.18 Å². The van der Waals surface area contributed by atoms with Crippen LogP contribution < -0.4 is 0 Å². The first-order valence-corrected chi connectivity index (χ1v) is 7.49. The molecule has 0 aliphatic heterocycles. The molecule has 0 N–H and O–H groups in total. The van der Waals surface area contributed by atoms with Crippen LogP contribution in [0.1, 0.15) is 5.56 Å². The number of rotatable bonds is 2. The van der Waals surface area contributed by atoms with Crippen LogP contribution in [0.3, 0.4) is 0 Å². The van der Waals surface area contributed by atoms with Crippen LogP contribution in [0.15, 0.2) is 84.5 Å². The predicted octanol–water partition coefficient (Wildman–Crippen LogP) is 4.63. The molecule has 132 valence electrons. The molecule has 0 unspecified atom stereocenters. The van der Waals surface area contributed by atoms with Gasteiger partial charge in [-0.2, -0.15) is 18.3 Å². The Balaban J connectivity index is 0.000000339. The number of hydrogen-bond donors (Lipinski definition) is 0. The molecule has 3 heterocycles. The fourth-order valence-electron chi connectivity index (χ4n) is 2.24. The number of nitrogens with zero attached hydrogens (tertiary/aromatic N) is 4. The highest BCUT2D eigenvalue weighted by molar-refractivity contribution is 5.72. The molecular weight excluding hydrogens is 345 g/mol. The smallest absolute Gasteiger partial charge is 0.416 e. The monoisotopic (exact) mass is 358 g/mol. The molecule has 0 fully saturated rings. The topological polar surface area (TPSA) is 56.7 Å². The molecule has 26 heavy (non-hydrogen) atoms. The molecule has 0 saturated heterocycles. The van der Waals surface area contributed by atoms with Crippen molar-refractivity contribution in [2.24, 2.45) is 0 Å². The van der Waals surface area contributed by atoms with Crippen molar-refractivity contribution in [3.05, 3.63) is 85.6 Å². The van der Waals surface area contributed by atoms with E-state index in [-0.39, 0.29) is 0 Å². The average Bonchev–Trinajstić information content (AvgIpc) is 3.37. The van der Waals surface area contributed by atoms with Gasteiger partial charge in [-0.1, -0.05) is 12.1 Å². The maximum Gasteiger partial charge on any atom is 0.416 e. The zero-order valence-corrected chi connectivity index (χ0v) is 13.3. The first-order valence-electron chi connectivity index (χ1n) is 7.49.